The van der Waals surface area contributed by atoms with Gasteiger partial charge in [-0.1, -0.05) is 30.7 Å². The van der Waals surface area contributed by atoms with Crippen LogP contribution in [0.25, 0.3) is 11.0 Å². The zero-order valence-electron chi connectivity index (χ0n) is 10.7. The molecule has 2 heterocycles. The zero-order chi connectivity index (χ0) is 13.4. The average Bonchev–Trinajstić information content (AvgIpc) is 3.04. The molecule has 1 saturated heterocycles. The molecule has 1 aromatic heterocycles. The van der Waals surface area contributed by atoms with Gasteiger partial charge in [-0.3, -0.25) is 4.79 Å². The first-order chi connectivity index (χ1) is 9.20. The lowest BCUT2D eigenvalue weighted by Crippen LogP contribution is -2.23. The van der Waals surface area contributed by atoms with Crippen LogP contribution in [-0.4, -0.2) is 18.5 Å². The molecule has 0 bridgehead atoms. The van der Waals surface area contributed by atoms with Gasteiger partial charge in [0, 0.05) is 12.0 Å². The zero-order valence-corrected chi connectivity index (χ0v) is 11.4. The van der Waals surface area contributed by atoms with Gasteiger partial charge in [0.25, 0.3) is 0 Å². The molecule has 4 heteroatoms. The van der Waals surface area contributed by atoms with Crippen molar-refractivity contribution < 1.29 is 13.9 Å². The number of ketones is 1. The molecule has 3 nitrogen and oxygen atoms in total. The molecule has 1 aromatic carbocycles. The van der Waals surface area contributed by atoms with E-state index in [9.17, 15) is 4.79 Å². The van der Waals surface area contributed by atoms with Crippen molar-refractivity contribution in [1.82, 2.24) is 0 Å². The minimum Gasteiger partial charge on any atom is -0.451 e. The fourth-order valence-electron chi connectivity index (χ4n) is 2.68. The van der Waals surface area contributed by atoms with E-state index in [1.54, 1.807) is 12.1 Å². The molecule has 0 N–H and O–H groups in total. The largest absolute Gasteiger partial charge is 0.451 e. The predicted molar refractivity (Wildman–Crippen MR) is 73.7 cm³/mol. The normalized spacial score (nSPS) is 23.1. The number of para-hydroxylation sites is 1. The number of hydrogen-bond donors (Lipinski definition) is 0. The fourth-order valence-corrected chi connectivity index (χ4v) is 2.90. The summed E-state index contributed by atoms with van der Waals surface area (Å²) in [6, 6.07) is 7.27. The lowest BCUT2D eigenvalue weighted by Gasteiger charge is -2.13. The van der Waals surface area contributed by atoms with Crippen LogP contribution >= 0.6 is 11.6 Å². The van der Waals surface area contributed by atoms with Crippen LogP contribution < -0.4 is 0 Å². The van der Waals surface area contributed by atoms with Crippen molar-refractivity contribution >= 4 is 28.4 Å². The standard InChI is InChI=1S/C15H15ClO3/c1-2-12-10(6-7-18-12)14(17)13-8-9-4-3-5-11(16)15(9)19-13/h3-5,8,10,12H,2,6-7H2,1H3. The number of benzene rings is 1. The SMILES string of the molecule is CCC1OCCC1C(=O)c1cc2cccc(Cl)c2o1. The molecule has 0 aliphatic carbocycles. The topological polar surface area (TPSA) is 39.4 Å². The molecule has 100 valence electrons. The molecular weight excluding hydrogens is 264 g/mol. The van der Waals surface area contributed by atoms with Crippen LogP contribution in [0.5, 0.6) is 0 Å². The Hall–Kier alpha value is -1.32. The monoisotopic (exact) mass is 278 g/mol. The molecule has 0 saturated carbocycles. The van der Waals surface area contributed by atoms with Crippen molar-refractivity contribution in [3.8, 4) is 0 Å². The van der Waals surface area contributed by atoms with Gasteiger partial charge in [0.05, 0.1) is 17.0 Å². The molecule has 1 aliphatic rings. The highest BCUT2D eigenvalue weighted by molar-refractivity contribution is 6.34. The van der Waals surface area contributed by atoms with Gasteiger partial charge in [0.2, 0.25) is 5.78 Å². The van der Waals surface area contributed by atoms with Crippen LogP contribution in [0.3, 0.4) is 0 Å². The van der Waals surface area contributed by atoms with E-state index in [-0.39, 0.29) is 17.8 Å². The highest BCUT2D eigenvalue weighted by atomic mass is 35.5. The summed E-state index contributed by atoms with van der Waals surface area (Å²) in [5, 5.41) is 1.40. The summed E-state index contributed by atoms with van der Waals surface area (Å²) >= 11 is 6.06. The fraction of sp³-hybridized carbons (Fsp3) is 0.400. The third-order valence-corrected chi connectivity index (χ3v) is 3.99. The second-order valence-corrected chi connectivity index (χ2v) is 5.25. The lowest BCUT2D eigenvalue weighted by atomic mass is 9.93. The second kappa shape index (κ2) is 4.99. The maximum atomic E-state index is 12.5. The first kappa shape index (κ1) is 12.7. The van der Waals surface area contributed by atoms with E-state index in [1.807, 2.05) is 19.1 Å². The number of carbonyl (C=O) groups excluding carboxylic acids is 1. The van der Waals surface area contributed by atoms with Gasteiger partial charge in [-0.2, -0.15) is 0 Å². The Balaban J connectivity index is 1.95. The van der Waals surface area contributed by atoms with E-state index in [0.29, 0.717) is 23.0 Å². The molecule has 2 aromatic rings. The van der Waals surface area contributed by atoms with Crippen molar-refractivity contribution in [3.63, 3.8) is 0 Å². The second-order valence-electron chi connectivity index (χ2n) is 4.85. The summed E-state index contributed by atoms with van der Waals surface area (Å²) in [5.41, 5.74) is 0.583. The molecule has 19 heavy (non-hydrogen) atoms. The lowest BCUT2D eigenvalue weighted by molar-refractivity contribution is 0.0670. The quantitative estimate of drug-likeness (QED) is 0.794. The van der Waals surface area contributed by atoms with Crippen LogP contribution in [-0.2, 0) is 4.74 Å². The van der Waals surface area contributed by atoms with Crippen LogP contribution in [0.2, 0.25) is 5.02 Å². The van der Waals surface area contributed by atoms with Gasteiger partial charge in [0.15, 0.2) is 11.3 Å². The summed E-state index contributed by atoms with van der Waals surface area (Å²) in [6.45, 7) is 2.68. The molecule has 3 rings (SSSR count). The molecular formula is C15H15ClO3. The summed E-state index contributed by atoms with van der Waals surface area (Å²) in [6.07, 6.45) is 1.62. The maximum absolute atomic E-state index is 12.5. The van der Waals surface area contributed by atoms with Gasteiger partial charge in [-0.15, -0.1) is 0 Å². The number of halogens is 1. The van der Waals surface area contributed by atoms with Crippen molar-refractivity contribution in [2.45, 2.75) is 25.9 Å². The van der Waals surface area contributed by atoms with Crippen molar-refractivity contribution in [1.29, 1.82) is 0 Å². The van der Waals surface area contributed by atoms with E-state index in [2.05, 4.69) is 0 Å². The van der Waals surface area contributed by atoms with Crippen molar-refractivity contribution in [2.75, 3.05) is 6.61 Å². The number of carbonyl (C=O) groups is 1. The van der Waals surface area contributed by atoms with Gasteiger partial charge in [-0.25, -0.2) is 0 Å². The molecule has 0 spiro atoms. The van der Waals surface area contributed by atoms with Crippen LogP contribution in [0, 0.1) is 5.92 Å². The van der Waals surface area contributed by atoms with Crippen LogP contribution in [0.1, 0.15) is 30.3 Å². The van der Waals surface area contributed by atoms with Gasteiger partial charge >= 0.3 is 0 Å². The van der Waals surface area contributed by atoms with Crippen molar-refractivity contribution in [3.05, 3.63) is 35.0 Å². The molecule has 1 fully saturated rings. The first-order valence-corrected chi connectivity index (χ1v) is 6.92. The van der Waals surface area contributed by atoms with Gasteiger partial charge in [-0.05, 0) is 25.0 Å². The molecule has 0 radical (unpaired) electrons. The van der Waals surface area contributed by atoms with E-state index >= 15 is 0 Å². The smallest absolute Gasteiger partial charge is 0.203 e. The van der Waals surface area contributed by atoms with E-state index in [1.165, 1.54) is 0 Å². The first-order valence-electron chi connectivity index (χ1n) is 6.54. The van der Waals surface area contributed by atoms with E-state index < -0.39 is 0 Å². The minimum absolute atomic E-state index is 0.0104. The Labute approximate surface area is 116 Å². The van der Waals surface area contributed by atoms with Crippen LogP contribution in [0.4, 0.5) is 0 Å². The average molecular weight is 279 g/mol. The molecule has 2 unspecified atom stereocenters. The third kappa shape index (κ3) is 2.17. The minimum atomic E-state index is -0.0932. The Morgan fingerprint density at radius 2 is 2.32 bits per heavy atom. The van der Waals surface area contributed by atoms with Gasteiger partial charge < -0.3 is 9.15 Å². The number of fused-ring (bicyclic) bond motifs is 1. The molecule has 1 aliphatic heterocycles. The predicted octanol–water partition coefficient (Wildman–Crippen LogP) is 4.08. The van der Waals surface area contributed by atoms with E-state index in [4.69, 9.17) is 20.8 Å². The Kier molecular flexibility index (Phi) is 3.33. The number of furan rings is 1. The van der Waals surface area contributed by atoms with E-state index in [0.717, 1.165) is 18.2 Å². The molecule has 0 amide bonds. The Bertz CT molecular complexity index is 617. The Morgan fingerprint density at radius 3 is 3.05 bits per heavy atom. The Morgan fingerprint density at radius 1 is 1.47 bits per heavy atom. The number of rotatable bonds is 3. The summed E-state index contributed by atoms with van der Waals surface area (Å²) in [4.78, 5) is 12.5. The summed E-state index contributed by atoms with van der Waals surface area (Å²) < 4.78 is 11.2. The number of Topliss-reactive ketones (excluding diaryl/α,β-unsaturated/α-hetero) is 1. The highest BCUT2D eigenvalue weighted by Crippen LogP contribution is 2.31. The summed E-state index contributed by atoms with van der Waals surface area (Å²) in [5.74, 6) is 0.318. The summed E-state index contributed by atoms with van der Waals surface area (Å²) in [7, 11) is 0. The highest BCUT2D eigenvalue weighted by Gasteiger charge is 2.34. The van der Waals surface area contributed by atoms with Gasteiger partial charge in [0.1, 0.15) is 0 Å². The number of hydrogen-bond acceptors (Lipinski definition) is 3. The molecule has 2 atom stereocenters. The number of ether oxygens (including phenoxy) is 1. The third-order valence-electron chi connectivity index (χ3n) is 3.69. The van der Waals surface area contributed by atoms with Crippen LogP contribution in [0.15, 0.2) is 28.7 Å². The maximum Gasteiger partial charge on any atom is 0.203 e. The van der Waals surface area contributed by atoms with Crippen molar-refractivity contribution in [2.24, 2.45) is 5.92 Å².